The summed E-state index contributed by atoms with van der Waals surface area (Å²) >= 11 is 0. The van der Waals surface area contributed by atoms with Crippen molar-refractivity contribution in [3.63, 3.8) is 0 Å². The maximum absolute atomic E-state index is 12.5. The third-order valence-electron chi connectivity index (χ3n) is 6.48. The van der Waals surface area contributed by atoms with Crippen LogP contribution in [0.5, 0.6) is 0 Å². The van der Waals surface area contributed by atoms with Gasteiger partial charge in [-0.25, -0.2) is 4.79 Å². The van der Waals surface area contributed by atoms with Gasteiger partial charge in [0, 0.05) is 12.0 Å². The molecule has 4 heteroatoms. The Morgan fingerprint density at radius 3 is 2.64 bits per heavy atom. The lowest BCUT2D eigenvalue weighted by molar-refractivity contribution is -0.153. The monoisotopic (exact) mass is 386 g/mol. The van der Waals surface area contributed by atoms with Gasteiger partial charge in [0.2, 0.25) is 0 Å². The zero-order valence-electron chi connectivity index (χ0n) is 17.3. The highest BCUT2D eigenvalue weighted by Crippen LogP contribution is 2.43. The molecule has 2 aliphatic rings. The van der Waals surface area contributed by atoms with Gasteiger partial charge in [-0.2, -0.15) is 0 Å². The molecule has 1 aliphatic carbocycles. The fourth-order valence-corrected chi connectivity index (χ4v) is 4.71. The molecule has 1 saturated heterocycles. The first-order chi connectivity index (χ1) is 13.4. The van der Waals surface area contributed by atoms with E-state index < -0.39 is 6.29 Å². The number of carbonyl (C=O) groups excluding carboxylic acids is 1. The summed E-state index contributed by atoms with van der Waals surface area (Å²) in [5.74, 6) is 0.536. The summed E-state index contributed by atoms with van der Waals surface area (Å²) in [6.07, 6.45) is 7.69. The van der Waals surface area contributed by atoms with Crippen molar-refractivity contribution in [2.45, 2.75) is 83.2 Å². The molecule has 1 aliphatic heterocycles. The van der Waals surface area contributed by atoms with Crippen LogP contribution < -0.4 is 0 Å². The fraction of sp³-hybridized carbons (Fsp3) is 0.625. The third kappa shape index (κ3) is 5.24. The fourth-order valence-electron chi connectivity index (χ4n) is 4.71. The number of aliphatic hydroxyl groups excluding tert-OH is 1. The largest absolute Gasteiger partial charge is 0.459 e. The summed E-state index contributed by atoms with van der Waals surface area (Å²) in [4.78, 5) is 12.5. The van der Waals surface area contributed by atoms with Crippen molar-refractivity contribution in [2.24, 2.45) is 11.8 Å². The van der Waals surface area contributed by atoms with E-state index in [2.05, 4.69) is 45.0 Å². The number of ether oxygens (including phenoxy) is 2. The highest BCUT2D eigenvalue weighted by Gasteiger charge is 2.41. The lowest BCUT2D eigenvalue weighted by atomic mass is 9.64. The van der Waals surface area contributed by atoms with Crippen LogP contribution in [0, 0.1) is 11.8 Å². The maximum Gasteiger partial charge on any atom is 0.330 e. The van der Waals surface area contributed by atoms with Crippen molar-refractivity contribution in [2.75, 3.05) is 0 Å². The minimum atomic E-state index is -0.727. The van der Waals surface area contributed by atoms with E-state index in [0.717, 1.165) is 25.7 Å². The zero-order chi connectivity index (χ0) is 20.1. The van der Waals surface area contributed by atoms with Gasteiger partial charge in [0.15, 0.2) is 6.29 Å². The quantitative estimate of drug-likeness (QED) is 0.586. The standard InChI is InChI=1S/C24H34O4/c1-17-12-14-20(24(2,3)18-8-5-4-6-9-18)21(16-17)28-23(26)15-13-19-10-7-11-22(25)27-19/h4-6,8-9,13,15,17,19-22,25H,7,10-12,14,16H2,1-3H3/b15-13-/t17-,19+,20-,21-,22?/m1/s1. The average Bonchev–Trinajstić information content (AvgIpc) is 2.67. The van der Waals surface area contributed by atoms with Gasteiger partial charge < -0.3 is 14.6 Å². The van der Waals surface area contributed by atoms with Crippen molar-refractivity contribution < 1.29 is 19.4 Å². The highest BCUT2D eigenvalue weighted by atomic mass is 16.6. The van der Waals surface area contributed by atoms with Gasteiger partial charge >= 0.3 is 5.97 Å². The molecular formula is C24H34O4. The molecular weight excluding hydrogens is 352 g/mol. The van der Waals surface area contributed by atoms with E-state index in [1.165, 1.54) is 18.1 Å². The van der Waals surface area contributed by atoms with Crippen LogP contribution in [0.4, 0.5) is 0 Å². The van der Waals surface area contributed by atoms with E-state index in [9.17, 15) is 9.90 Å². The number of hydrogen-bond acceptors (Lipinski definition) is 4. The minimum absolute atomic E-state index is 0.0628. The van der Waals surface area contributed by atoms with Gasteiger partial charge in [-0.3, -0.25) is 0 Å². The van der Waals surface area contributed by atoms with Gasteiger partial charge in [0.25, 0.3) is 0 Å². The molecule has 0 radical (unpaired) electrons. The van der Waals surface area contributed by atoms with Crippen LogP contribution >= 0.6 is 0 Å². The molecule has 1 heterocycles. The van der Waals surface area contributed by atoms with Crippen LogP contribution in [0.2, 0.25) is 0 Å². The van der Waals surface area contributed by atoms with Crippen molar-refractivity contribution in [1.29, 1.82) is 0 Å². The van der Waals surface area contributed by atoms with E-state index in [1.54, 1.807) is 6.08 Å². The van der Waals surface area contributed by atoms with Gasteiger partial charge in [0.1, 0.15) is 6.10 Å². The predicted molar refractivity (Wildman–Crippen MR) is 110 cm³/mol. The van der Waals surface area contributed by atoms with Gasteiger partial charge in [-0.1, -0.05) is 57.5 Å². The number of carbonyl (C=O) groups is 1. The van der Waals surface area contributed by atoms with Crippen LogP contribution in [-0.4, -0.2) is 29.6 Å². The van der Waals surface area contributed by atoms with Crippen LogP contribution in [-0.2, 0) is 19.7 Å². The molecule has 4 nitrogen and oxygen atoms in total. The van der Waals surface area contributed by atoms with Crippen LogP contribution in [0.15, 0.2) is 42.5 Å². The lowest BCUT2D eigenvalue weighted by Crippen LogP contribution is -2.43. The molecule has 0 amide bonds. The van der Waals surface area contributed by atoms with E-state index in [-0.39, 0.29) is 29.5 Å². The first-order valence-corrected chi connectivity index (χ1v) is 10.6. The van der Waals surface area contributed by atoms with Crippen molar-refractivity contribution in [3.05, 3.63) is 48.0 Å². The molecule has 154 valence electrons. The molecule has 2 fully saturated rings. The molecule has 3 rings (SSSR count). The summed E-state index contributed by atoms with van der Waals surface area (Å²) in [5, 5.41) is 9.60. The number of esters is 1. The number of benzene rings is 1. The Bertz CT molecular complexity index is 666. The Labute approximate surface area is 168 Å². The summed E-state index contributed by atoms with van der Waals surface area (Å²) in [6.45, 7) is 6.76. The molecule has 5 atom stereocenters. The first kappa shape index (κ1) is 21.1. The minimum Gasteiger partial charge on any atom is -0.459 e. The Balaban J connectivity index is 1.67. The Kier molecular flexibility index (Phi) is 6.95. The Morgan fingerprint density at radius 1 is 1.18 bits per heavy atom. The second kappa shape index (κ2) is 9.23. The average molecular weight is 387 g/mol. The molecule has 0 spiro atoms. The van der Waals surface area contributed by atoms with E-state index in [4.69, 9.17) is 9.47 Å². The molecule has 1 saturated carbocycles. The van der Waals surface area contributed by atoms with E-state index in [0.29, 0.717) is 12.3 Å². The molecule has 0 aromatic heterocycles. The number of hydrogen-bond donors (Lipinski definition) is 1. The number of rotatable bonds is 5. The predicted octanol–water partition coefficient (Wildman–Crippen LogP) is 4.76. The molecule has 1 unspecified atom stereocenters. The van der Waals surface area contributed by atoms with Gasteiger partial charge in [-0.15, -0.1) is 0 Å². The van der Waals surface area contributed by atoms with Crippen molar-refractivity contribution >= 4 is 5.97 Å². The van der Waals surface area contributed by atoms with E-state index in [1.807, 2.05) is 6.07 Å². The molecule has 1 aromatic rings. The zero-order valence-corrected chi connectivity index (χ0v) is 17.3. The number of aliphatic hydroxyl groups is 1. The Morgan fingerprint density at radius 2 is 1.93 bits per heavy atom. The Hall–Kier alpha value is -1.65. The van der Waals surface area contributed by atoms with Crippen LogP contribution in [0.25, 0.3) is 0 Å². The second-order valence-electron chi connectivity index (χ2n) is 9.01. The topological polar surface area (TPSA) is 55.8 Å². The summed E-state index contributed by atoms with van der Waals surface area (Å²) in [6, 6.07) is 10.5. The van der Waals surface area contributed by atoms with E-state index >= 15 is 0 Å². The van der Waals surface area contributed by atoms with Crippen LogP contribution in [0.1, 0.15) is 64.9 Å². The molecule has 1 aromatic carbocycles. The summed E-state index contributed by atoms with van der Waals surface area (Å²) < 4.78 is 11.4. The SMILES string of the molecule is C[C@@H]1CC[C@@H](C(C)(C)c2ccccc2)[C@H](OC(=O)/C=C\[C@@H]2CCCC(O)O2)C1. The second-order valence-corrected chi connectivity index (χ2v) is 9.01. The summed E-state index contributed by atoms with van der Waals surface area (Å²) in [5.41, 5.74) is 1.22. The van der Waals surface area contributed by atoms with Crippen molar-refractivity contribution in [1.82, 2.24) is 0 Å². The third-order valence-corrected chi connectivity index (χ3v) is 6.48. The van der Waals surface area contributed by atoms with Gasteiger partial charge in [0.05, 0.1) is 6.10 Å². The normalized spacial score (nSPS) is 31.6. The van der Waals surface area contributed by atoms with Crippen molar-refractivity contribution in [3.8, 4) is 0 Å². The maximum atomic E-state index is 12.5. The van der Waals surface area contributed by atoms with Gasteiger partial charge in [-0.05, 0) is 55.1 Å². The summed E-state index contributed by atoms with van der Waals surface area (Å²) in [7, 11) is 0. The first-order valence-electron chi connectivity index (χ1n) is 10.6. The highest BCUT2D eigenvalue weighted by molar-refractivity contribution is 5.82. The van der Waals surface area contributed by atoms with Crippen LogP contribution in [0.3, 0.4) is 0 Å². The molecule has 28 heavy (non-hydrogen) atoms. The smallest absolute Gasteiger partial charge is 0.330 e. The lowest BCUT2D eigenvalue weighted by Gasteiger charge is -2.43. The molecule has 1 N–H and O–H groups in total. The molecule has 0 bridgehead atoms.